The molecule has 2 N–H and O–H groups in total. The predicted octanol–water partition coefficient (Wildman–Crippen LogP) is 5.83. The number of imidazole rings is 4. The Labute approximate surface area is 342 Å². The Morgan fingerprint density at radius 2 is 1.27 bits per heavy atom. The van der Waals surface area contributed by atoms with E-state index in [4.69, 9.17) is 9.84 Å². The number of alkyl halides is 2. The molecular weight excluding hydrogens is 775 g/mol. The van der Waals surface area contributed by atoms with Gasteiger partial charge in [-0.2, -0.15) is 0 Å². The van der Waals surface area contributed by atoms with Gasteiger partial charge >= 0.3 is 11.4 Å². The average Bonchev–Trinajstić information content (AvgIpc) is 4.05. The summed E-state index contributed by atoms with van der Waals surface area (Å²) >= 11 is 0. The lowest BCUT2D eigenvalue weighted by Crippen LogP contribution is -2.25. The fraction of sp³-hybridized carbons (Fsp3) is 0.429. The van der Waals surface area contributed by atoms with Gasteiger partial charge in [0.2, 0.25) is 0 Å². The second-order valence-electron chi connectivity index (χ2n) is 14.9. The largest absolute Gasteiger partial charge is 0.388 e. The highest BCUT2D eigenvalue weighted by Crippen LogP contribution is 2.36. The van der Waals surface area contributed by atoms with Gasteiger partial charge in [0, 0.05) is 63.2 Å². The average molecular weight is 823 g/mol. The minimum Gasteiger partial charge on any atom is -0.388 e. The van der Waals surface area contributed by atoms with Crippen molar-refractivity contribution in [1.29, 1.82) is 0 Å². The van der Waals surface area contributed by atoms with Crippen molar-refractivity contribution in [2.45, 2.75) is 89.7 Å². The van der Waals surface area contributed by atoms with Crippen LogP contribution in [0.25, 0.3) is 44.4 Å². The van der Waals surface area contributed by atoms with Gasteiger partial charge in [0.25, 0.3) is 0 Å². The first-order valence-electron chi connectivity index (χ1n) is 20.5. The number of fused-ring (bicyclic) bond motifs is 4. The molecule has 1 aliphatic heterocycles. The molecule has 1 saturated heterocycles. The lowest BCUT2D eigenvalue weighted by molar-refractivity contribution is 0.198. The number of H-pyrrole nitrogens is 1. The smallest absolute Gasteiger partial charge is 0.329 e. The standard InChI is InChI=1S/C19H19FN6O.C10H12FN3O.C9H9N3O.C4H8O/c20-7-2-10-24-15-3-1-8-22-18(15)23-17(24)12-25-16-11-21-9-6-14(16)26(19(25)27)13-4-5-13;11-4-2-6-14-8-3-1-5-12-10(8)13-9(14)7-15;13-9-11-7-5-10-4-3-8(7)12(9)6-1-2-6;1-2-4-5-3-1/h1,3,6,8-9,11,13H,2,4-5,7,10,12H2;1,3,5,15H,2,4,6-7H2;3-6H,1-2H2,(H,11,13);1-4H2. The lowest BCUT2D eigenvalue weighted by Gasteiger charge is -2.08. The number of hydrogen-bond donors (Lipinski definition) is 2. The Hall–Kier alpha value is -6.14. The molecule has 0 aromatic carbocycles. The van der Waals surface area contributed by atoms with Gasteiger partial charge in [0.05, 0.1) is 65.4 Å². The Bertz CT molecular complexity index is 2780. The lowest BCUT2D eigenvalue weighted by atomic mass is 10.4. The highest BCUT2D eigenvalue weighted by molar-refractivity contribution is 5.76. The minimum atomic E-state index is -0.399. The predicted molar refractivity (Wildman–Crippen MR) is 222 cm³/mol. The van der Waals surface area contributed by atoms with Crippen LogP contribution in [-0.2, 0) is 31.0 Å². The SMILES string of the molecule is C1CCOC1.O=c1[nH]c2cnccc2n1C1CC1.O=c1n(Cc2nc3ncccc3n2CCCF)c2cnccc2n1C1CC1.OCc1nc2ncccc2n1CCCF. The molecule has 0 unspecified atom stereocenters. The van der Waals surface area contributed by atoms with Crippen molar-refractivity contribution in [3.8, 4) is 0 Å². The molecule has 8 aromatic heterocycles. The first-order chi connectivity index (χ1) is 29.5. The topological polar surface area (TPSA) is 181 Å². The van der Waals surface area contributed by atoms with Crippen LogP contribution in [0.3, 0.4) is 0 Å². The summed E-state index contributed by atoms with van der Waals surface area (Å²) in [6.45, 7) is 2.41. The summed E-state index contributed by atoms with van der Waals surface area (Å²) in [6, 6.07) is 11.9. The van der Waals surface area contributed by atoms with Gasteiger partial charge in [-0.15, -0.1) is 0 Å². The number of aryl methyl sites for hydroxylation is 2. The maximum atomic E-state index is 13.1. The Morgan fingerprint density at radius 3 is 1.85 bits per heavy atom. The molecule has 2 saturated carbocycles. The molecule has 18 heteroatoms. The molecule has 0 spiro atoms. The van der Waals surface area contributed by atoms with Crippen molar-refractivity contribution < 1.29 is 18.6 Å². The van der Waals surface area contributed by atoms with Gasteiger partial charge < -0.3 is 24.0 Å². The van der Waals surface area contributed by atoms with Crippen molar-refractivity contribution in [2.24, 2.45) is 0 Å². The maximum absolute atomic E-state index is 13.1. The molecule has 3 aliphatic rings. The van der Waals surface area contributed by atoms with E-state index in [0.29, 0.717) is 61.5 Å². The van der Waals surface area contributed by atoms with Gasteiger partial charge in [-0.05, 0) is 87.8 Å². The molecule has 2 aliphatic carbocycles. The van der Waals surface area contributed by atoms with Gasteiger partial charge in [0.15, 0.2) is 11.3 Å². The summed E-state index contributed by atoms with van der Waals surface area (Å²) in [5, 5.41) is 9.11. The van der Waals surface area contributed by atoms with E-state index in [0.717, 1.165) is 72.0 Å². The van der Waals surface area contributed by atoms with Gasteiger partial charge in [0.1, 0.15) is 18.3 Å². The first kappa shape index (κ1) is 40.6. The number of aromatic nitrogens is 12. The first-order valence-corrected chi connectivity index (χ1v) is 20.5. The number of aromatic amines is 1. The molecule has 3 fully saturated rings. The van der Waals surface area contributed by atoms with E-state index in [2.05, 4.69) is 34.9 Å². The van der Waals surface area contributed by atoms with Crippen molar-refractivity contribution in [2.75, 3.05) is 26.6 Å². The molecule has 8 aromatic rings. The fourth-order valence-electron chi connectivity index (χ4n) is 7.48. The number of nitrogens with one attached hydrogen (secondary N) is 1. The molecular formula is C42H48F2N12O4. The van der Waals surface area contributed by atoms with Crippen LogP contribution in [-0.4, -0.2) is 89.4 Å². The molecule has 60 heavy (non-hydrogen) atoms. The van der Waals surface area contributed by atoms with Crippen LogP contribution in [0.4, 0.5) is 8.78 Å². The molecule has 0 radical (unpaired) electrons. The van der Waals surface area contributed by atoms with Crippen molar-refractivity contribution in [3.63, 3.8) is 0 Å². The zero-order valence-corrected chi connectivity index (χ0v) is 33.2. The molecule has 9 heterocycles. The monoisotopic (exact) mass is 822 g/mol. The second-order valence-corrected chi connectivity index (χ2v) is 14.9. The Kier molecular flexibility index (Phi) is 12.8. The quantitative estimate of drug-likeness (QED) is 0.161. The van der Waals surface area contributed by atoms with Gasteiger partial charge in [-0.25, -0.2) is 29.5 Å². The fourth-order valence-corrected chi connectivity index (χ4v) is 7.48. The molecule has 0 amide bonds. The van der Waals surface area contributed by atoms with Gasteiger partial charge in [-0.3, -0.25) is 32.5 Å². The zero-order valence-electron chi connectivity index (χ0n) is 33.2. The highest BCUT2D eigenvalue weighted by atomic mass is 19.1. The van der Waals surface area contributed by atoms with E-state index >= 15 is 0 Å². The van der Waals surface area contributed by atoms with Crippen molar-refractivity contribution >= 4 is 44.4 Å². The summed E-state index contributed by atoms with van der Waals surface area (Å²) in [4.78, 5) is 52.7. The normalized spacial score (nSPS) is 14.8. The van der Waals surface area contributed by atoms with Crippen LogP contribution in [0.2, 0.25) is 0 Å². The number of aliphatic hydroxyl groups is 1. The molecule has 16 nitrogen and oxygen atoms in total. The van der Waals surface area contributed by atoms with E-state index in [1.807, 2.05) is 48.6 Å². The van der Waals surface area contributed by atoms with Crippen LogP contribution < -0.4 is 11.4 Å². The van der Waals surface area contributed by atoms with E-state index in [-0.39, 0.29) is 30.7 Å². The van der Waals surface area contributed by atoms with E-state index < -0.39 is 6.67 Å². The third kappa shape index (κ3) is 8.89. The molecule has 0 bridgehead atoms. The van der Waals surface area contributed by atoms with Crippen LogP contribution >= 0.6 is 0 Å². The summed E-state index contributed by atoms with van der Waals surface area (Å²) in [5.74, 6) is 1.25. The van der Waals surface area contributed by atoms with Crippen LogP contribution in [0.5, 0.6) is 0 Å². The Balaban J connectivity index is 0.000000127. The minimum absolute atomic E-state index is 0.00880. The number of halogens is 2. The number of rotatable bonds is 11. The number of ether oxygens (including phenoxy) is 1. The number of aliphatic hydroxyl groups excluding tert-OH is 1. The zero-order chi connectivity index (χ0) is 41.4. The van der Waals surface area contributed by atoms with Gasteiger partial charge in [-0.1, -0.05) is 0 Å². The van der Waals surface area contributed by atoms with Crippen LogP contribution in [0.15, 0.2) is 83.2 Å². The number of nitrogens with zero attached hydrogens (tertiary/aromatic N) is 11. The molecule has 11 rings (SSSR count). The number of pyridine rings is 4. The maximum Gasteiger partial charge on any atom is 0.329 e. The van der Waals surface area contributed by atoms with Crippen molar-refractivity contribution in [3.05, 3.63) is 106 Å². The van der Waals surface area contributed by atoms with E-state index in [1.165, 1.54) is 12.8 Å². The van der Waals surface area contributed by atoms with Crippen LogP contribution in [0.1, 0.15) is 75.1 Å². The summed E-state index contributed by atoms with van der Waals surface area (Å²) in [6.07, 6.45) is 17.9. The Morgan fingerprint density at radius 1 is 0.683 bits per heavy atom. The molecule has 0 atom stereocenters. The third-order valence-corrected chi connectivity index (χ3v) is 10.6. The summed E-state index contributed by atoms with van der Waals surface area (Å²) in [7, 11) is 0. The van der Waals surface area contributed by atoms with Crippen molar-refractivity contribution in [1.82, 2.24) is 57.7 Å². The van der Waals surface area contributed by atoms with E-state index in [1.54, 1.807) is 47.8 Å². The van der Waals surface area contributed by atoms with Crippen LogP contribution in [0, 0.1) is 0 Å². The molecule has 314 valence electrons. The van der Waals surface area contributed by atoms with E-state index in [9.17, 15) is 18.4 Å². The third-order valence-electron chi connectivity index (χ3n) is 10.6. The summed E-state index contributed by atoms with van der Waals surface area (Å²) in [5.41, 5.74) is 6.37. The highest BCUT2D eigenvalue weighted by Gasteiger charge is 2.29. The summed E-state index contributed by atoms with van der Waals surface area (Å²) < 4.78 is 39.0. The number of hydrogen-bond acceptors (Lipinski definition) is 10. The second kappa shape index (κ2) is 18.8.